The molecule has 1 aromatic heterocycles. The molecule has 2 amide bonds. The summed E-state index contributed by atoms with van der Waals surface area (Å²) in [6, 6.07) is 3.38. The van der Waals surface area contributed by atoms with Crippen LogP contribution in [0.4, 0.5) is 0 Å². The van der Waals surface area contributed by atoms with Crippen LogP contribution in [-0.2, 0) is 9.59 Å². The summed E-state index contributed by atoms with van der Waals surface area (Å²) >= 11 is 0. The SMILES string of the molecule is Cc1ccc(C(CN)N2CC(=O)NC(=O)C2(C)C)o1. The van der Waals surface area contributed by atoms with Crippen LogP contribution < -0.4 is 11.1 Å². The lowest BCUT2D eigenvalue weighted by Gasteiger charge is -2.43. The van der Waals surface area contributed by atoms with Crippen molar-refractivity contribution in [2.45, 2.75) is 32.4 Å². The van der Waals surface area contributed by atoms with Gasteiger partial charge in [0.2, 0.25) is 11.8 Å². The van der Waals surface area contributed by atoms with Crippen molar-refractivity contribution in [1.82, 2.24) is 10.2 Å². The van der Waals surface area contributed by atoms with Gasteiger partial charge in [-0.05, 0) is 32.9 Å². The summed E-state index contributed by atoms with van der Waals surface area (Å²) < 4.78 is 5.59. The van der Waals surface area contributed by atoms with E-state index < -0.39 is 5.54 Å². The Kier molecular flexibility index (Phi) is 3.47. The van der Waals surface area contributed by atoms with Crippen molar-refractivity contribution in [3.8, 4) is 0 Å². The summed E-state index contributed by atoms with van der Waals surface area (Å²) in [5, 5.41) is 2.34. The zero-order valence-electron chi connectivity index (χ0n) is 11.4. The smallest absolute Gasteiger partial charge is 0.246 e. The molecule has 0 radical (unpaired) electrons. The van der Waals surface area contributed by atoms with Gasteiger partial charge < -0.3 is 10.2 Å². The largest absolute Gasteiger partial charge is 0.465 e. The number of carbonyl (C=O) groups excluding carboxylic acids is 2. The molecule has 1 atom stereocenters. The second kappa shape index (κ2) is 4.79. The molecule has 0 spiro atoms. The molecule has 1 fully saturated rings. The Balaban J connectivity index is 2.35. The summed E-state index contributed by atoms with van der Waals surface area (Å²) in [6.45, 7) is 5.79. The summed E-state index contributed by atoms with van der Waals surface area (Å²) in [5.74, 6) is 0.825. The van der Waals surface area contributed by atoms with Gasteiger partial charge >= 0.3 is 0 Å². The number of imide groups is 1. The Labute approximate surface area is 111 Å². The molecule has 1 unspecified atom stereocenters. The third-order valence-corrected chi connectivity index (χ3v) is 3.53. The molecule has 3 N–H and O–H groups in total. The lowest BCUT2D eigenvalue weighted by Crippen LogP contribution is -2.65. The molecule has 6 nitrogen and oxygen atoms in total. The second-order valence-electron chi connectivity index (χ2n) is 5.26. The second-order valence-corrected chi connectivity index (χ2v) is 5.26. The molecule has 19 heavy (non-hydrogen) atoms. The van der Waals surface area contributed by atoms with Gasteiger partial charge in [0, 0.05) is 6.54 Å². The maximum atomic E-state index is 11.9. The third kappa shape index (κ3) is 2.41. The minimum atomic E-state index is -0.807. The van der Waals surface area contributed by atoms with Gasteiger partial charge in [-0.1, -0.05) is 0 Å². The van der Waals surface area contributed by atoms with Crippen LogP contribution in [0.1, 0.15) is 31.4 Å². The first-order chi connectivity index (χ1) is 8.86. The van der Waals surface area contributed by atoms with E-state index in [0.717, 1.165) is 5.76 Å². The number of rotatable bonds is 3. The Morgan fingerprint density at radius 1 is 1.47 bits per heavy atom. The Morgan fingerprint density at radius 2 is 2.16 bits per heavy atom. The molecule has 0 aromatic carbocycles. The first kappa shape index (κ1) is 13.8. The predicted molar refractivity (Wildman–Crippen MR) is 69.2 cm³/mol. The zero-order valence-corrected chi connectivity index (χ0v) is 11.4. The molecule has 0 aliphatic carbocycles. The van der Waals surface area contributed by atoms with Gasteiger partial charge in [-0.3, -0.25) is 19.8 Å². The van der Waals surface area contributed by atoms with Crippen LogP contribution in [-0.4, -0.2) is 35.3 Å². The number of hydrogen-bond acceptors (Lipinski definition) is 5. The van der Waals surface area contributed by atoms with E-state index in [1.165, 1.54) is 0 Å². The molecule has 0 saturated carbocycles. The van der Waals surface area contributed by atoms with Gasteiger partial charge in [-0.2, -0.15) is 0 Å². The Hall–Kier alpha value is -1.66. The molecule has 2 heterocycles. The maximum absolute atomic E-state index is 11.9. The summed E-state index contributed by atoms with van der Waals surface area (Å²) in [6.07, 6.45) is 0. The van der Waals surface area contributed by atoms with Gasteiger partial charge in [0.1, 0.15) is 11.5 Å². The molecular weight excluding hydrogens is 246 g/mol. The van der Waals surface area contributed by atoms with Crippen LogP contribution in [0, 0.1) is 6.92 Å². The topological polar surface area (TPSA) is 88.6 Å². The van der Waals surface area contributed by atoms with Gasteiger partial charge in [0.25, 0.3) is 0 Å². The van der Waals surface area contributed by atoms with Crippen molar-refractivity contribution in [3.63, 3.8) is 0 Å². The minimum Gasteiger partial charge on any atom is -0.465 e. The summed E-state index contributed by atoms with van der Waals surface area (Å²) in [7, 11) is 0. The number of nitrogens with one attached hydrogen (secondary N) is 1. The summed E-state index contributed by atoms with van der Waals surface area (Å²) in [5.41, 5.74) is 5.01. The highest BCUT2D eigenvalue weighted by Crippen LogP contribution is 2.30. The van der Waals surface area contributed by atoms with Crippen LogP contribution in [0.3, 0.4) is 0 Å². The Bertz CT molecular complexity index is 507. The molecule has 2 rings (SSSR count). The average Bonchev–Trinajstić information content (AvgIpc) is 2.73. The van der Waals surface area contributed by atoms with Gasteiger partial charge in [0.15, 0.2) is 0 Å². The number of hydrogen-bond donors (Lipinski definition) is 2. The molecule has 0 bridgehead atoms. The fourth-order valence-corrected chi connectivity index (χ4v) is 2.33. The van der Waals surface area contributed by atoms with E-state index in [1.54, 1.807) is 18.7 Å². The number of carbonyl (C=O) groups is 2. The minimum absolute atomic E-state index is 0.125. The van der Waals surface area contributed by atoms with Gasteiger partial charge in [-0.25, -0.2) is 0 Å². The number of piperazine rings is 1. The first-order valence-corrected chi connectivity index (χ1v) is 6.23. The fourth-order valence-electron chi connectivity index (χ4n) is 2.33. The lowest BCUT2D eigenvalue weighted by molar-refractivity contribution is -0.147. The van der Waals surface area contributed by atoms with E-state index in [4.69, 9.17) is 10.2 Å². The number of nitrogens with zero attached hydrogens (tertiary/aromatic N) is 1. The van der Waals surface area contributed by atoms with E-state index >= 15 is 0 Å². The summed E-state index contributed by atoms with van der Waals surface area (Å²) in [4.78, 5) is 25.3. The van der Waals surface area contributed by atoms with Crippen LogP contribution in [0.2, 0.25) is 0 Å². The molecule has 1 aromatic rings. The maximum Gasteiger partial charge on any atom is 0.246 e. The van der Waals surface area contributed by atoms with E-state index in [1.807, 2.05) is 19.1 Å². The van der Waals surface area contributed by atoms with Crippen molar-refractivity contribution in [1.29, 1.82) is 0 Å². The Morgan fingerprint density at radius 3 is 2.68 bits per heavy atom. The van der Waals surface area contributed by atoms with Crippen molar-refractivity contribution in [2.75, 3.05) is 13.1 Å². The van der Waals surface area contributed by atoms with Crippen LogP contribution in [0.25, 0.3) is 0 Å². The highest BCUT2D eigenvalue weighted by atomic mass is 16.3. The fraction of sp³-hybridized carbons (Fsp3) is 0.538. The van der Waals surface area contributed by atoms with Crippen molar-refractivity contribution in [2.24, 2.45) is 5.73 Å². The molecule has 6 heteroatoms. The van der Waals surface area contributed by atoms with Crippen molar-refractivity contribution in [3.05, 3.63) is 23.7 Å². The molecule has 1 saturated heterocycles. The molecule has 1 aliphatic rings. The van der Waals surface area contributed by atoms with Crippen LogP contribution >= 0.6 is 0 Å². The molecule has 1 aliphatic heterocycles. The van der Waals surface area contributed by atoms with E-state index in [9.17, 15) is 9.59 Å². The normalized spacial score (nSPS) is 21.3. The monoisotopic (exact) mass is 265 g/mol. The highest BCUT2D eigenvalue weighted by molar-refractivity contribution is 6.03. The van der Waals surface area contributed by atoms with Crippen LogP contribution in [0.5, 0.6) is 0 Å². The molecule has 104 valence electrons. The number of aryl methyl sites for hydroxylation is 1. The quantitative estimate of drug-likeness (QED) is 0.769. The first-order valence-electron chi connectivity index (χ1n) is 6.23. The van der Waals surface area contributed by atoms with Gasteiger partial charge in [-0.15, -0.1) is 0 Å². The number of nitrogens with two attached hydrogens (primary N) is 1. The van der Waals surface area contributed by atoms with Crippen molar-refractivity contribution >= 4 is 11.8 Å². The van der Waals surface area contributed by atoms with Crippen LogP contribution in [0.15, 0.2) is 16.5 Å². The van der Waals surface area contributed by atoms with E-state index in [0.29, 0.717) is 5.76 Å². The van der Waals surface area contributed by atoms with E-state index in [-0.39, 0.29) is 30.9 Å². The number of amides is 2. The van der Waals surface area contributed by atoms with E-state index in [2.05, 4.69) is 5.32 Å². The third-order valence-electron chi connectivity index (χ3n) is 3.53. The lowest BCUT2D eigenvalue weighted by atomic mass is 9.95. The highest BCUT2D eigenvalue weighted by Gasteiger charge is 2.44. The molecular formula is C13H19N3O3. The predicted octanol–water partition coefficient (Wildman–Crippen LogP) is 0.325. The average molecular weight is 265 g/mol. The van der Waals surface area contributed by atoms with Crippen molar-refractivity contribution < 1.29 is 14.0 Å². The number of furan rings is 1. The van der Waals surface area contributed by atoms with Gasteiger partial charge in [0.05, 0.1) is 18.1 Å². The standard InChI is InChI=1S/C13H19N3O3/c1-8-4-5-10(19-8)9(6-14)16-7-11(17)15-12(18)13(16,2)3/h4-5,9H,6-7,14H2,1-3H3,(H,15,17,18). The zero-order chi connectivity index (χ0) is 14.2.